The molecule has 1 atom stereocenters. The van der Waals surface area contributed by atoms with E-state index in [9.17, 15) is 13.2 Å². The Morgan fingerprint density at radius 1 is 1.22 bits per heavy atom. The van der Waals surface area contributed by atoms with Crippen LogP contribution in [0.4, 0.5) is 0 Å². The summed E-state index contributed by atoms with van der Waals surface area (Å²) in [6, 6.07) is 14.1. The first-order valence-corrected chi connectivity index (χ1v) is 11.1. The third kappa shape index (κ3) is 4.52. The van der Waals surface area contributed by atoms with Crippen molar-refractivity contribution in [3.05, 3.63) is 58.6 Å². The van der Waals surface area contributed by atoms with Crippen molar-refractivity contribution in [2.45, 2.75) is 29.4 Å². The van der Waals surface area contributed by atoms with Gasteiger partial charge < -0.3 is 9.64 Å². The highest BCUT2D eigenvalue weighted by Gasteiger charge is 2.35. The van der Waals surface area contributed by atoms with Crippen LogP contribution in [0.15, 0.2) is 57.9 Å². The first-order valence-electron chi connectivity index (χ1n) is 8.81. The third-order valence-corrected chi connectivity index (χ3v) is 7.54. The molecule has 0 spiro atoms. The monoisotopic (exact) mass is 451 g/mol. The van der Waals surface area contributed by atoms with Crippen molar-refractivity contribution in [1.82, 2.24) is 4.90 Å². The Hall–Kier alpha value is -1.86. The number of likely N-dealkylation sites (tertiary alicyclic amines) is 1. The SMILES string of the molecule is COc1ccc(Br)cc1CCC(=O)N1CCC(S(=O)(=O)c2ccccc2)C1. The van der Waals surface area contributed by atoms with Crippen LogP contribution in [0.2, 0.25) is 0 Å². The van der Waals surface area contributed by atoms with Gasteiger partial charge in [0.1, 0.15) is 5.75 Å². The normalized spacial score (nSPS) is 17.1. The van der Waals surface area contributed by atoms with Gasteiger partial charge in [-0.2, -0.15) is 0 Å². The molecule has 1 unspecified atom stereocenters. The summed E-state index contributed by atoms with van der Waals surface area (Å²) >= 11 is 3.43. The Balaban J connectivity index is 1.62. The average molecular weight is 452 g/mol. The van der Waals surface area contributed by atoms with Crippen LogP contribution in [-0.4, -0.2) is 44.7 Å². The van der Waals surface area contributed by atoms with Gasteiger partial charge in [0.15, 0.2) is 9.84 Å². The molecule has 0 aliphatic carbocycles. The van der Waals surface area contributed by atoms with Crippen molar-refractivity contribution in [3.8, 4) is 5.75 Å². The molecule has 0 bridgehead atoms. The standard InChI is InChI=1S/C20H22BrNO4S/c1-26-19-9-8-16(21)13-15(19)7-10-20(23)22-12-11-18(14-22)27(24,25)17-5-3-2-4-6-17/h2-6,8-9,13,18H,7,10-12,14H2,1H3. The summed E-state index contributed by atoms with van der Waals surface area (Å²) in [5.41, 5.74) is 0.952. The second-order valence-corrected chi connectivity index (χ2v) is 9.71. The van der Waals surface area contributed by atoms with Gasteiger partial charge in [0.25, 0.3) is 0 Å². The molecule has 5 nitrogen and oxygen atoms in total. The molecule has 0 aromatic heterocycles. The summed E-state index contributed by atoms with van der Waals surface area (Å²) in [5.74, 6) is 0.722. The van der Waals surface area contributed by atoms with E-state index >= 15 is 0 Å². The van der Waals surface area contributed by atoms with E-state index < -0.39 is 15.1 Å². The number of amides is 1. The van der Waals surface area contributed by atoms with Crippen molar-refractivity contribution in [2.75, 3.05) is 20.2 Å². The first kappa shape index (κ1) is 19.9. The van der Waals surface area contributed by atoms with Gasteiger partial charge in [0, 0.05) is 24.0 Å². The molecular weight excluding hydrogens is 430 g/mol. The fourth-order valence-corrected chi connectivity index (χ4v) is 5.47. The van der Waals surface area contributed by atoms with Crippen LogP contribution in [0.25, 0.3) is 0 Å². The summed E-state index contributed by atoms with van der Waals surface area (Å²) < 4.78 is 31.8. The lowest BCUT2D eigenvalue weighted by molar-refractivity contribution is -0.130. The smallest absolute Gasteiger partial charge is 0.222 e. The molecule has 7 heteroatoms. The lowest BCUT2D eigenvalue weighted by atomic mass is 10.1. The zero-order valence-corrected chi connectivity index (χ0v) is 17.5. The molecule has 1 saturated heterocycles. The Labute approximate surface area is 168 Å². The lowest BCUT2D eigenvalue weighted by Crippen LogP contribution is -2.32. The van der Waals surface area contributed by atoms with Gasteiger partial charge in [-0.15, -0.1) is 0 Å². The number of carbonyl (C=O) groups excluding carboxylic acids is 1. The number of nitrogens with zero attached hydrogens (tertiary/aromatic N) is 1. The fourth-order valence-electron chi connectivity index (χ4n) is 3.35. The number of sulfone groups is 1. The second-order valence-electron chi connectivity index (χ2n) is 6.56. The van der Waals surface area contributed by atoms with E-state index in [4.69, 9.17) is 4.74 Å². The van der Waals surface area contributed by atoms with E-state index in [1.54, 1.807) is 42.3 Å². The van der Waals surface area contributed by atoms with Crippen LogP contribution >= 0.6 is 15.9 Å². The lowest BCUT2D eigenvalue weighted by Gasteiger charge is -2.17. The topological polar surface area (TPSA) is 63.7 Å². The van der Waals surface area contributed by atoms with E-state index in [2.05, 4.69) is 15.9 Å². The Kier molecular flexibility index (Phi) is 6.22. The molecule has 1 aliphatic rings. The minimum Gasteiger partial charge on any atom is -0.496 e. The van der Waals surface area contributed by atoms with Crippen LogP contribution in [-0.2, 0) is 21.1 Å². The van der Waals surface area contributed by atoms with Gasteiger partial charge in [-0.05, 0) is 48.7 Å². The molecule has 0 radical (unpaired) electrons. The molecule has 144 valence electrons. The van der Waals surface area contributed by atoms with Crippen LogP contribution in [0.5, 0.6) is 5.75 Å². The van der Waals surface area contributed by atoms with E-state index in [1.165, 1.54) is 0 Å². The average Bonchev–Trinajstić information content (AvgIpc) is 3.18. The molecule has 1 aliphatic heterocycles. The van der Waals surface area contributed by atoms with Crippen molar-refractivity contribution < 1.29 is 17.9 Å². The summed E-state index contributed by atoms with van der Waals surface area (Å²) in [7, 11) is -1.80. The number of hydrogen-bond donors (Lipinski definition) is 0. The Bertz CT molecular complexity index is 915. The highest BCUT2D eigenvalue weighted by atomic mass is 79.9. The molecule has 1 amide bonds. The van der Waals surface area contributed by atoms with Gasteiger partial charge in [0.05, 0.1) is 17.3 Å². The fraction of sp³-hybridized carbons (Fsp3) is 0.350. The number of carbonyl (C=O) groups is 1. The minimum atomic E-state index is -3.41. The number of methoxy groups -OCH3 is 1. The maximum Gasteiger partial charge on any atom is 0.222 e. The molecule has 3 rings (SSSR count). The summed E-state index contributed by atoms with van der Waals surface area (Å²) in [5, 5.41) is -0.538. The third-order valence-electron chi connectivity index (χ3n) is 4.86. The van der Waals surface area contributed by atoms with Crippen molar-refractivity contribution in [2.24, 2.45) is 0 Å². The zero-order chi connectivity index (χ0) is 19.4. The van der Waals surface area contributed by atoms with E-state index in [0.29, 0.717) is 30.7 Å². The Morgan fingerprint density at radius 3 is 2.67 bits per heavy atom. The van der Waals surface area contributed by atoms with Crippen LogP contribution < -0.4 is 4.74 Å². The first-order chi connectivity index (χ1) is 12.9. The van der Waals surface area contributed by atoms with Gasteiger partial charge in [0.2, 0.25) is 5.91 Å². The summed E-state index contributed by atoms with van der Waals surface area (Å²) in [6.07, 6.45) is 1.35. The number of halogens is 1. The summed E-state index contributed by atoms with van der Waals surface area (Å²) in [4.78, 5) is 14.6. The quantitative estimate of drug-likeness (QED) is 0.674. The Morgan fingerprint density at radius 2 is 1.96 bits per heavy atom. The second kappa shape index (κ2) is 8.44. The van der Waals surface area contributed by atoms with Crippen LogP contribution in [0.3, 0.4) is 0 Å². The molecule has 2 aromatic carbocycles. The van der Waals surface area contributed by atoms with Crippen LogP contribution in [0.1, 0.15) is 18.4 Å². The number of rotatable bonds is 6. The maximum atomic E-state index is 12.7. The van der Waals surface area contributed by atoms with Gasteiger partial charge in [-0.25, -0.2) is 8.42 Å². The molecule has 0 N–H and O–H groups in total. The van der Waals surface area contributed by atoms with Crippen molar-refractivity contribution in [3.63, 3.8) is 0 Å². The number of benzene rings is 2. The number of hydrogen-bond acceptors (Lipinski definition) is 4. The van der Waals surface area contributed by atoms with E-state index in [1.807, 2.05) is 18.2 Å². The highest BCUT2D eigenvalue weighted by molar-refractivity contribution is 9.10. The van der Waals surface area contributed by atoms with Crippen LogP contribution in [0, 0.1) is 0 Å². The molecule has 2 aromatic rings. The predicted molar refractivity (Wildman–Crippen MR) is 108 cm³/mol. The molecule has 27 heavy (non-hydrogen) atoms. The summed E-state index contributed by atoms with van der Waals surface area (Å²) in [6.45, 7) is 0.733. The van der Waals surface area contributed by atoms with E-state index in [0.717, 1.165) is 15.8 Å². The molecule has 1 fully saturated rings. The van der Waals surface area contributed by atoms with E-state index in [-0.39, 0.29) is 12.5 Å². The van der Waals surface area contributed by atoms with Gasteiger partial charge in [-0.1, -0.05) is 34.1 Å². The predicted octanol–water partition coefficient (Wildman–Crippen LogP) is 3.47. The molecule has 1 heterocycles. The van der Waals surface area contributed by atoms with Gasteiger partial charge in [-0.3, -0.25) is 4.79 Å². The molecule has 0 saturated carbocycles. The number of ether oxygens (including phenoxy) is 1. The van der Waals surface area contributed by atoms with Crippen molar-refractivity contribution >= 4 is 31.7 Å². The highest BCUT2D eigenvalue weighted by Crippen LogP contribution is 2.26. The largest absolute Gasteiger partial charge is 0.496 e. The molecular formula is C20H22BrNO4S. The van der Waals surface area contributed by atoms with Gasteiger partial charge >= 0.3 is 0 Å². The minimum absolute atomic E-state index is 0.0252. The number of aryl methyl sites for hydroxylation is 1. The van der Waals surface area contributed by atoms with Crippen molar-refractivity contribution in [1.29, 1.82) is 0 Å². The maximum absolute atomic E-state index is 12.7. The zero-order valence-electron chi connectivity index (χ0n) is 15.1.